The zero-order valence-electron chi connectivity index (χ0n) is 11.2. The van der Waals surface area contributed by atoms with Crippen LogP contribution in [0.25, 0.3) is 10.2 Å². The third kappa shape index (κ3) is 2.45. The van der Waals surface area contributed by atoms with Crippen LogP contribution >= 0.6 is 22.9 Å². The van der Waals surface area contributed by atoms with E-state index in [1.54, 1.807) is 11.3 Å². The van der Waals surface area contributed by atoms with Crippen molar-refractivity contribution < 1.29 is 0 Å². The third-order valence-electron chi connectivity index (χ3n) is 2.98. The maximum absolute atomic E-state index is 6.04. The van der Waals surface area contributed by atoms with Gasteiger partial charge < -0.3 is 4.90 Å². The second-order valence-electron chi connectivity index (χ2n) is 4.48. The molecule has 0 bridgehead atoms. The first kappa shape index (κ1) is 13.6. The van der Waals surface area contributed by atoms with Crippen molar-refractivity contribution in [1.82, 2.24) is 9.97 Å². The minimum atomic E-state index is 0.334. The number of aryl methyl sites for hydroxylation is 1. The summed E-state index contributed by atoms with van der Waals surface area (Å²) in [5.74, 6) is 0.957. The van der Waals surface area contributed by atoms with E-state index < -0.39 is 0 Å². The number of hydrogen-bond acceptors (Lipinski definition) is 4. The minimum Gasteiger partial charge on any atom is -0.354 e. The average Bonchev–Trinajstić information content (AvgIpc) is 2.72. The Kier molecular flexibility index (Phi) is 4.07. The molecule has 0 N–H and O–H groups in total. The molecule has 0 fully saturated rings. The van der Waals surface area contributed by atoms with Gasteiger partial charge in [-0.05, 0) is 44.9 Å². The molecule has 0 aliphatic carbocycles. The molecule has 0 saturated heterocycles. The van der Waals surface area contributed by atoms with Gasteiger partial charge in [0, 0.05) is 17.5 Å². The van der Waals surface area contributed by atoms with Crippen LogP contribution in [0.1, 0.15) is 32.6 Å². The Hall–Kier alpha value is -0.870. The number of hydrogen-bond donors (Lipinski definition) is 0. The van der Waals surface area contributed by atoms with E-state index in [2.05, 4.69) is 48.6 Å². The maximum atomic E-state index is 6.04. The highest BCUT2D eigenvalue weighted by molar-refractivity contribution is 7.18. The van der Waals surface area contributed by atoms with E-state index in [9.17, 15) is 0 Å². The normalized spacial score (nSPS) is 11.4. The van der Waals surface area contributed by atoms with E-state index >= 15 is 0 Å². The van der Waals surface area contributed by atoms with Crippen LogP contribution < -0.4 is 4.90 Å². The fraction of sp³-hybridized carbons (Fsp3) is 0.538. The molecule has 0 atom stereocenters. The fourth-order valence-electron chi connectivity index (χ4n) is 2.08. The number of rotatable bonds is 4. The first-order chi connectivity index (χ1) is 8.56. The topological polar surface area (TPSA) is 29.0 Å². The van der Waals surface area contributed by atoms with Crippen molar-refractivity contribution in [2.75, 3.05) is 11.4 Å². The summed E-state index contributed by atoms with van der Waals surface area (Å²) in [7, 11) is 0. The summed E-state index contributed by atoms with van der Waals surface area (Å²) < 4.78 is 0. The number of nitrogens with zero attached hydrogens (tertiary/aromatic N) is 3. The molecule has 0 aliphatic heterocycles. The molecule has 0 unspecified atom stereocenters. The number of fused-ring (bicyclic) bond motifs is 1. The Morgan fingerprint density at radius 1 is 1.33 bits per heavy atom. The van der Waals surface area contributed by atoms with Crippen molar-refractivity contribution in [2.24, 2.45) is 0 Å². The quantitative estimate of drug-likeness (QED) is 0.790. The van der Waals surface area contributed by atoms with E-state index in [-0.39, 0.29) is 0 Å². The van der Waals surface area contributed by atoms with Gasteiger partial charge in [0.1, 0.15) is 10.6 Å². The van der Waals surface area contributed by atoms with Crippen molar-refractivity contribution in [2.45, 2.75) is 40.2 Å². The van der Waals surface area contributed by atoms with Crippen LogP contribution in [0.3, 0.4) is 0 Å². The largest absolute Gasteiger partial charge is 0.354 e. The standard InChI is InChI=1S/C13H18ClN3S/c1-5-9-7-10-11(17(6-2)8(3)4)15-13(14)16-12(10)18-9/h7-8H,5-6H2,1-4H3. The Bertz CT molecular complexity index is 550. The summed E-state index contributed by atoms with van der Waals surface area (Å²) in [6.45, 7) is 9.53. The Morgan fingerprint density at radius 2 is 2.06 bits per heavy atom. The van der Waals surface area contributed by atoms with E-state index in [1.165, 1.54) is 4.88 Å². The molecule has 2 heterocycles. The van der Waals surface area contributed by atoms with E-state index in [4.69, 9.17) is 11.6 Å². The first-order valence-electron chi connectivity index (χ1n) is 6.29. The molecule has 5 heteroatoms. The van der Waals surface area contributed by atoms with Gasteiger partial charge >= 0.3 is 0 Å². The first-order valence-corrected chi connectivity index (χ1v) is 7.48. The van der Waals surface area contributed by atoms with Gasteiger partial charge in [-0.1, -0.05) is 6.92 Å². The summed E-state index contributed by atoms with van der Waals surface area (Å²) in [6, 6.07) is 2.59. The molecule has 18 heavy (non-hydrogen) atoms. The highest BCUT2D eigenvalue weighted by atomic mass is 35.5. The summed E-state index contributed by atoms with van der Waals surface area (Å²) in [5, 5.41) is 1.46. The molecule has 0 radical (unpaired) electrons. The zero-order chi connectivity index (χ0) is 13.3. The zero-order valence-corrected chi connectivity index (χ0v) is 12.8. The lowest BCUT2D eigenvalue weighted by Crippen LogP contribution is -2.31. The van der Waals surface area contributed by atoms with Gasteiger partial charge in [-0.15, -0.1) is 11.3 Å². The second-order valence-corrected chi connectivity index (χ2v) is 5.93. The van der Waals surface area contributed by atoms with Gasteiger partial charge in [0.25, 0.3) is 0 Å². The van der Waals surface area contributed by atoms with Gasteiger partial charge in [-0.2, -0.15) is 4.98 Å². The van der Waals surface area contributed by atoms with Gasteiger partial charge in [0.2, 0.25) is 5.28 Å². The number of thiophene rings is 1. The fourth-order valence-corrected chi connectivity index (χ4v) is 3.26. The van der Waals surface area contributed by atoms with Crippen LogP contribution in [-0.4, -0.2) is 22.6 Å². The average molecular weight is 284 g/mol. The molecule has 0 saturated carbocycles. The number of anilines is 1. The molecule has 98 valence electrons. The molecule has 0 amide bonds. The third-order valence-corrected chi connectivity index (χ3v) is 4.32. The molecule has 2 aromatic rings. The number of halogens is 1. The maximum Gasteiger partial charge on any atom is 0.225 e. The van der Waals surface area contributed by atoms with Gasteiger partial charge in [0.15, 0.2) is 0 Å². The van der Waals surface area contributed by atoms with Crippen LogP contribution in [0, 0.1) is 0 Å². The summed E-state index contributed by atoms with van der Waals surface area (Å²) in [4.78, 5) is 13.3. The molecule has 2 aromatic heterocycles. The highest BCUT2D eigenvalue weighted by Gasteiger charge is 2.17. The molecule has 0 spiro atoms. The van der Waals surface area contributed by atoms with E-state index in [0.717, 1.165) is 29.0 Å². The highest BCUT2D eigenvalue weighted by Crippen LogP contribution is 2.32. The Balaban J connectivity index is 2.63. The van der Waals surface area contributed by atoms with E-state index in [0.29, 0.717) is 11.3 Å². The summed E-state index contributed by atoms with van der Waals surface area (Å²) in [5.41, 5.74) is 0. The lowest BCUT2D eigenvalue weighted by atomic mass is 10.2. The predicted octanol–water partition coefficient (Wildman–Crippen LogP) is 4.14. The van der Waals surface area contributed by atoms with Crippen LogP contribution in [0.4, 0.5) is 5.82 Å². The Morgan fingerprint density at radius 3 is 2.61 bits per heavy atom. The number of aromatic nitrogens is 2. The molecule has 0 aromatic carbocycles. The monoisotopic (exact) mass is 283 g/mol. The van der Waals surface area contributed by atoms with Crippen LogP contribution in [0.2, 0.25) is 5.28 Å². The Labute approximate surface area is 117 Å². The van der Waals surface area contributed by atoms with Gasteiger partial charge in [-0.25, -0.2) is 4.98 Å². The molecular weight excluding hydrogens is 266 g/mol. The summed E-state index contributed by atoms with van der Waals surface area (Å²) in [6.07, 6.45) is 1.02. The van der Waals surface area contributed by atoms with Crippen molar-refractivity contribution in [3.05, 3.63) is 16.2 Å². The SMILES string of the molecule is CCc1cc2c(N(CC)C(C)C)nc(Cl)nc2s1. The molecule has 3 nitrogen and oxygen atoms in total. The minimum absolute atomic E-state index is 0.334. The van der Waals surface area contributed by atoms with Crippen LogP contribution in [0.15, 0.2) is 6.07 Å². The lowest BCUT2D eigenvalue weighted by Gasteiger charge is -2.26. The van der Waals surface area contributed by atoms with Crippen LogP contribution in [0.5, 0.6) is 0 Å². The van der Waals surface area contributed by atoms with Crippen molar-refractivity contribution in [1.29, 1.82) is 0 Å². The van der Waals surface area contributed by atoms with Gasteiger partial charge in [0.05, 0.1) is 5.39 Å². The van der Waals surface area contributed by atoms with E-state index in [1.807, 2.05) is 0 Å². The smallest absolute Gasteiger partial charge is 0.225 e. The van der Waals surface area contributed by atoms with Crippen LogP contribution in [-0.2, 0) is 6.42 Å². The molecule has 2 rings (SSSR count). The second kappa shape index (κ2) is 5.41. The van der Waals surface area contributed by atoms with Crippen molar-refractivity contribution >= 4 is 39.0 Å². The lowest BCUT2D eigenvalue weighted by molar-refractivity contribution is 0.696. The summed E-state index contributed by atoms with van der Waals surface area (Å²) >= 11 is 7.74. The van der Waals surface area contributed by atoms with Gasteiger partial charge in [-0.3, -0.25) is 0 Å². The predicted molar refractivity (Wildman–Crippen MR) is 80.0 cm³/mol. The van der Waals surface area contributed by atoms with Crippen molar-refractivity contribution in [3.8, 4) is 0 Å². The molecule has 0 aliphatic rings. The molecular formula is C13H18ClN3S. The van der Waals surface area contributed by atoms with Crippen molar-refractivity contribution in [3.63, 3.8) is 0 Å².